The molecule has 0 bridgehead atoms. The molecule has 2 radical (unpaired) electrons. The van der Waals surface area contributed by atoms with Gasteiger partial charge in [0.15, 0.2) is 0 Å². The minimum absolute atomic E-state index is 0.416. The van der Waals surface area contributed by atoms with Crippen LogP contribution in [0.5, 0.6) is 0 Å². The van der Waals surface area contributed by atoms with Crippen molar-refractivity contribution in [2.75, 3.05) is 31.2 Å². The third-order valence-electron chi connectivity index (χ3n) is 2.53. The molecule has 0 saturated carbocycles. The van der Waals surface area contributed by atoms with Crippen molar-refractivity contribution in [1.29, 1.82) is 0 Å². The van der Waals surface area contributed by atoms with Crippen molar-refractivity contribution in [2.45, 2.75) is 6.42 Å². The van der Waals surface area contributed by atoms with Crippen LogP contribution < -0.4 is 4.90 Å². The van der Waals surface area contributed by atoms with E-state index in [1.54, 1.807) is 6.20 Å². The maximum absolute atomic E-state index is 6.00. The van der Waals surface area contributed by atoms with Gasteiger partial charge >= 0.3 is 0 Å². The van der Waals surface area contributed by atoms with E-state index in [1.807, 2.05) is 6.07 Å². The first kappa shape index (κ1) is 10.7. The number of nitrogens with zero attached hydrogens (tertiary/aromatic N) is 2. The molecule has 0 aliphatic carbocycles. The van der Waals surface area contributed by atoms with E-state index in [2.05, 4.69) is 9.88 Å². The number of aromatic nitrogens is 1. The summed E-state index contributed by atoms with van der Waals surface area (Å²) in [6.45, 7) is 8.95. The van der Waals surface area contributed by atoms with Crippen molar-refractivity contribution < 1.29 is 4.74 Å². The molecule has 1 aliphatic heterocycles. The molecule has 4 heteroatoms. The molecule has 2 heterocycles. The van der Waals surface area contributed by atoms with E-state index in [0.29, 0.717) is 11.6 Å². The van der Waals surface area contributed by atoms with Gasteiger partial charge in [0.05, 0.1) is 13.2 Å². The number of ether oxygens (including phenoxy) is 1. The maximum atomic E-state index is 6.00. The van der Waals surface area contributed by atoms with E-state index >= 15 is 0 Å². The number of pyridine rings is 1. The fourth-order valence-corrected chi connectivity index (χ4v) is 1.98. The summed E-state index contributed by atoms with van der Waals surface area (Å²) < 4.78 is 5.30. The average Bonchev–Trinajstić information content (AvgIpc) is 2.30. The van der Waals surface area contributed by atoms with Gasteiger partial charge in [0.1, 0.15) is 5.15 Å². The molecule has 1 saturated heterocycles. The Morgan fingerprint density at radius 1 is 1.47 bits per heavy atom. The van der Waals surface area contributed by atoms with Crippen LogP contribution in [0.3, 0.4) is 0 Å². The predicted molar refractivity (Wildman–Crippen MR) is 60.3 cm³/mol. The SMILES string of the molecule is [CH]Cc1c(N2CCOCC2)ccnc1Cl. The maximum Gasteiger partial charge on any atom is 0.134 e. The first-order valence-electron chi connectivity index (χ1n) is 4.99. The number of halogens is 1. The lowest BCUT2D eigenvalue weighted by Gasteiger charge is -2.30. The number of hydrogen-bond donors (Lipinski definition) is 0. The van der Waals surface area contributed by atoms with Gasteiger partial charge in [-0.1, -0.05) is 11.6 Å². The Morgan fingerprint density at radius 3 is 2.87 bits per heavy atom. The molecule has 0 amide bonds. The zero-order valence-electron chi connectivity index (χ0n) is 8.45. The van der Waals surface area contributed by atoms with Gasteiger partial charge < -0.3 is 9.64 Å². The topological polar surface area (TPSA) is 25.4 Å². The van der Waals surface area contributed by atoms with Gasteiger partial charge in [-0.15, -0.1) is 0 Å². The molecule has 0 atom stereocenters. The molecule has 0 unspecified atom stereocenters. The van der Waals surface area contributed by atoms with E-state index in [9.17, 15) is 0 Å². The zero-order valence-corrected chi connectivity index (χ0v) is 9.20. The number of anilines is 1. The molecule has 0 N–H and O–H groups in total. The van der Waals surface area contributed by atoms with Gasteiger partial charge in [0, 0.05) is 30.5 Å². The Balaban J connectivity index is 2.29. The minimum atomic E-state index is 0.416. The van der Waals surface area contributed by atoms with Gasteiger partial charge in [-0.3, -0.25) is 0 Å². The summed E-state index contributed by atoms with van der Waals surface area (Å²) >= 11 is 6.00. The number of rotatable bonds is 2. The lowest BCUT2D eigenvalue weighted by molar-refractivity contribution is 0.122. The predicted octanol–water partition coefficient (Wildman–Crippen LogP) is 1.83. The van der Waals surface area contributed by atoms with Crippen LogP contribution >= 0.6 is 11.6 Å². The monoisotopic (exact) mass is 224 g/mol. The smallest absolute Gasteiger partial charge is 0.134 e. The van der Waals surface area contributed by atoms with Crippen molar-refractivity contribution in [3.63, 3.8) is 0 Å². The molecular weight excluding hydrogens is 212 g/mol. The highest BCUT2D eigenvalue weighted by Crippen LogP contribution is 2.26. The molecular formula is C11H13ClN2O. The fraction of sp³-hybridized carbons (Fsp3) is 0.455. The Labute approximate surface area is 95.0 Å². The van der Waals surface area contributed by atoms with E-state index < -0.39 is 0 Å². The highest BCUT2D eigenvalue weighted by Gasteiger charge is 2.15. The summed E-state index contributed by atoms with van der Waals surface area (Å²) in [5.74, 6) is 0. The third-order valence-corrected chi connectivity index (χ3v) is 2.86. The Bertz CT molecular complexity index is 337. The van der Waals surface area contributed by atoms with Crippen molar-refractivity contribution in [1.82, 2.24) is 4.98 Å². The third kappa shape index (κ3) is 2.24. The van der Waals surface area contributed by atoms with Crippen LogP contribution in [0.2, 0.25) is 5.15 Å². The Hall–Kier alpha value is -0.800. The van der Waals surface area contributed by atoms with Crippen LogP contribution in [-0.2, 0) is 11.2 Å². The highest BCUT2D eigenvalue weighted by atomic mass is 35.5. The molecule has 1 aromatic rings. The van der Waals surface area contributed by atoms with Crippen LogP contribution in [0.1, 0.15) is 5.56 Å². The number of morpholine rings is 1. The minimum Gasteiger partial charge on any atom is -0.378 e. The first-order chi connectivity index (χ1) is 7.33. The second-order valence-electron chi connectivity index (χ2n) is 3.40. The average molecular weight is 225 g/mol. The summed E-state index contributed by atoms with van der Waals surface area (Å²) in [7, 11) is 0. The molecule has 2 rings (SSSR count). The van der Waals surface area contributed by atoms with E-state index in [0.717, 1.165) is 37.6 Å². The molecule has 1 fully saturated rings. The molecule has 1 aromatic heterocycles. The summed E-state index contributed by atoms with van der Waals surface area (Å²) in [5.41, 5.74) is 2.00. The Kier molecular flexibility index (Phi) is 3.44. The summed E-state index contributed by atoms with van der Waals surface area (Å²) in [5, 5.41) is 0.501. The molecule has 0 aromatic carbocycles. The van der Waals surface area contributed by atoms with Gasteiger partial charge in [-0.2, -0.15) is 0 Å². The zero-order chi connectivity index (χ0) is 10.7. The van der Waals surface area contributed by atoms with Crippen molar-refractivity contribution in [3.05, 3.63) is 29.9 Å². The van der Waals surface area contributed by atoms with Crippen LogP contribution in [0, 0.1) is 6.92 Å². The van der Waals surface area contributed by atoms with E-state index in [1.165, 1.54) is 0 Å². The standard InChI is InChI=1S/C11H13ClN2O/c1-2-9-10(3-4-13-11(9)12)14-5-7-15-8-6-14/h1,3-4H,2,5-8H2. The normalized spacial score (nSPS) is 16.8. The van der Waals surface area contributed by atoms with E-state index in [-0.39, 0.29) is 0 Å². The molecule has 1 aliphatic rings. The Morgan fingerprint density at radius 2 is 2.20 bits per heavy atom. The summed E-state index contributed by atoms with van der Waals surface area (Å²) in [6, 6.07) is 1.96. The largest absolute Gasteiger partial charge is 0.378 e. The van der Waals surface area contributed by atoms with Crippen molar-refractivity contribution in [3.8, 4) is 0 Å². The van der Waals surface area contributed by atoms with Crippen molar-refractivity contribution >= 4 is 17.3 Å². The van der Waals surface area contributed by atoms with Crippen molar-refractivity contribution in [2.24, 2.45) is 0 Å². The van der Waals surface area contributed by atoms with Crippen LogP contribution in [0.25, 0.3) is 0 Å². The number of hydrogen-bond acceptors (Lipinski definition) is 3. The lowest BCUT2D eigenvalue weighted by Crippen LogP contribution is -2.36. The fourth-order valence-electron chi connectivity index (χ4n) is 1.75. The van der Waals surface area contributed by atoms with E-state index in [4.69, 9.17) is 23.3 Å². The van der Waals surface area contributed by atoms with Gasteiger partial charge in [-0.25, -0.2) is 4.98 Å². The van der Waals surface area contributed by atoms with Gasteiger partial charge in [-0.05, 0) is 19.4 Å². The second kappa shape index (κ2) is 4.81. The second-order valence-corrected chi connectivity index (χ2v) is 3.76. The molecule has 0 spiro atoms. The first-order valence-corrected chi connectivity index (χ1v) is 5.37. The summed E-state index contributed by atoms with van der Waals surface area (Å²) in [6.07, 6.45) is 2.13. The molecule has 80 valence electrons. The quantitative estimate of drug-likeness (QED) is 0.717. The summed E-state index contributed by atoms with van der Waals surface area (Å²) in [4.78, 5) is 6.27. The van der Waals surface area contributed by atoms with Crippen LogP contribution in [-0.4, -0.2) is 31.3 Å². The van der Waals surface area contributed by atoms with Crippen LogP contribution in [0.15, 0.2) is 12.3 Å². The van der Waals surface area contributed by atoms with Gasteiger partial charge in [0.2, 0.25) is 0 Å². The molecule has 15 heavy (non-hydrogen) atoms. The van der Waals surface area contributed by atoms with Crippen LogP contribution in [0.4, 0.5) is 5.69 Å². The lowest BCUT2D eigenvalue weighted by atomic mass is 10.1. The molecule has 3 nitrogen and oxygen atoms in total. The van der Waals surface area contributed by atoms with Gasteiger partial charge in [0.25, 0.3) is 0 Å². The highest BCUT2D eigenvalue weighted by molar-refractivity contribution is 6.30.